The fourth-order valence-electron chi connectivity index (χ4n) is 3.38. The van der Waals surface area contributed by atoms with E-state index in [0.29, 0.717) is 34.9 Å². The monoisotopic (exact) mass is 504 g/mol. The molecule has 1 fully saturated rings. The van der Waals surface area contributed by atoms with Crippen molar-refractivity contribution >= 4 is 30.1 Å². The molecular formula is C22H26ClFN8O3. The Hall–Kier alpha value is -3.64. The lowest BCUT2D eigenvalue weighted by Crippen LogP contribution is -2.38. The summed E-state index contributed by atoms with van der Waals surface area (Å²) in [6.07, 6.45) is 0.178. The second kappa shape index (κ2) is 10.7. The molecule has 0 unspecified atom stereocenters. The normalized spacial score (nSPS) is 15.2. The number of pyridine rings is 1. The Bertz CT molecular complexity index is 1200. The first-order chi connectivity index (χ1) is 16.2. The molecule has 0 aliphatic carbocycles. The van der Waals surface area contributed by atoms with Gasteiger partial charge >= 0.3 is 6.09 Å². The van der Waals surface area contributed by atoms with Gasteiger partial charge in [-0.25, -0.2) is 9.18 Å². The van der Waals surface area contributed by atoms with Crippen molar-refractivity contribution in [3.05, 3.63) is 42.3 Å². The second-order valence-electron chi connectivity index (χ2n) is 8.19. The summed E-state index contributed by atoms with van der Waals surface area (Å²) in [4.78, 5) is 34.3. The summed E-state index contributed by atoms with van der Waals surface area (Å²) in [5.74, 6) is -0.363. The number of hydrogen-bond acceptors (Lipinski definition) is 8. The molecule has 3 aromatic rings. The van der Waals surface area contributed by atoms with Gasteiger partial charge in [0.05, 0.1) is 18.8 Å². The highest BCUT2D eigenvalue weighted by Crippen LogP contribution is 2.29. The van der Waals surface area contributed by atoms with E-state index in [1.807, 2.05) is 19.0 Å². The average molecular weight is 505 g/mol. The summed E-state index contributed by atoms with van der Waals surface area (Å²) in [5, 5.41) is 12.4. The van der Waals surface area contributed by atoms with Crippen LogP contribution in [-0.4, -0.2) is 87.5 Å². The number of benzene rings is 1. The summed E-state index contributed by atoms with van der Waals surface area (Å²) in [6, 6.07) is 7.89. The Balaban J connectivity index is 0.00000342. The van der Waals surface area contributed by atoms with E-state index in [2.05, 4.69) is 20.4 Å². The molecule has 1 aromatic carbocycles. The molecule has 2 aromatic heterocycles. The molecule has 0 saturated carbocycles. The van der Waals surface area contributed by atoms with Crippen molar-refractivity contribution in [3.63, 3.8) is 0 Å². The maximum atomic E-state index is 15.0. The molecule has 1 aliphatic rings. The number of carbonyl (C=O) groups is 2. The maximum Gasteiger partial charge on any atom is 0.416 e. The van der Waals surface area contributed by atoms with E-state index in [9.17, 15) is 14.0 Å². The molecule has 0 spiro atoms. The lowest BCUT2D eigenvalue weighted by Gasteiger charge is -2.20. The van der Waals surface area contributed by atoms with Crippen molar-refractivity contribution in [2.24, 2.45) is 0 Å². The number of amides is 2. The number of aromatic nitrogens is 5. The Labute approximate surface area is 207 Å². The quantitative estimate of drug-likeness (QED) is 0.482. The molecule has 0 N–H and O–H groups in total. The molecular weight excluding hydrogens is 479 g/mol. The van der Waals surface area contributed by atoms with Gasteiger partial charge in [0.1, 0.15) is 11.5 Å². The predicted octanol–water partition coefficient (Wildman–Crippen LogP) is 2.29. The number of rotatable bonds is 7. The Morgan fingerprint density at radius 1 is 1.23 bits per heavy atom. The van der Waals surface area contributed by atoms with Crippen LogP contribution in [0.15, 0.2) is 36.5 Å². The number of carbonyl (C=O) groups excluding carboxylic acids is 2. The lowest BCUT2D eigenvalue weighted by atomic mass is 10.1. The third kappa shape index (κ3) is 5.72. The summed E-state index contributed by atoms with van der Waals surface area (Å²) >= 11 is 0. The van der Waals surface area contributed by atoms with Gasteiger partial charge in [0.2, 0.25) is 11.7 Å². The van der Waals surface area contributed by atoms with Gasteiger partial charge in [-0.15, -0.1) is 22.6 Å². The van der Waals surface area contributed by atoms with Gasteiger partial charge in [0.25, 0.3) is 0 Å². The molecule has 1 saturated heterocycles. The van der Waals surface area contributed by atoms with E-state index in [1.54, 1.807) is 31.3 Å². The van der Waals surface area contributed by atoms with Crippen molar-refractivity contribution in [3.8, 4) is 22.6 Å². The molecule has 13 heteroatoms. The Kier molecular flexibility index (Phi) is 7.97. The van der Waals surface area contributed by atoms with Gasteiger partial charge in [0, 0.05) is 37.8 Å². The van der Waals surface area contributed by atoms with Crippen LogP contribution >= 0.6 is 12.4 Å². The number of nitrogens with zero attached hydrogens (tertiary/aromatic N) is 8. The van der Waals surface area contributed by atoms with E-state index in [0.717, 1.165) is 6.54 Å². The zero-order valence-electron chi connectivity index (χ0n) is 19.8. The van der Waals surface area contributed by atoms with Crippen LogP contribution in [0.25, 0.3) is 22.6 Å². The molecule has 2 amide bonds. The smallest absolute Gasteiger partial charge is 0.416 e. The number of cyclic esters (lactones) is 1. The zero-order valence-corrected chi connectivity index (χ0v) is 20.6. The van der Waals surface area contributed by atoms with Crippen LogP contribution in [0, 0.1) is 5.82 Å². The van der Waals surface area contributed by atoms with Crippen LogP contribution < -0.4 is 4.90 Å². The van der Waals surface area contributed by atoms with Gasteiger partial charge in [-0.05, 0) is 43.6 Å². The Morgan fingerprint density at radius 3 is 2.63 bits per heavy atom. The summed E-state index contributed by atoms with van der Waals surface area (Å²) in [7, 11) is 5.47. The number of likely N-dealkylation sites (N-methyl/N-ethyl adjacent to an activating group) is 2. The van der Waals surface area contributed by atoms with Crippen LogP contribution in [-0.2, 0) is 16.1 Å². The molecule has 1 atom stereocenters. The Morgan fingerprint density at radius 2 is 2.00 bits per heavy atom. The van der Waals surface area contributed by atoms with Gasteiger partial charge in [-0.3, -0.25) is 14.7 Å². The largest absolute Gasteiger partial charge is 0.423 e. The average Bonchev–Trinajstić information content (AvgIpc) is 3.44. The fraction of sp³-hybridized carbons (Fsp3) is 0.364. The summed E-state index contributed by atoms with van der Waals surface area (Å²) in [5.41, 5.74) is 1.76. The van der Waals surface area contributed by atoms with Gasteiger partial charge < -0.3 is 14.5 Å². The first-order valence-corrected chi connectivity index (χ1v) is 10.6. The molecule has 11 nitrogen and oxygen atoms in total. The van der Waals surface area contributed by atoms with Gasteiger partial charge in [-0.1, -0.05) is 6.07 Å². The van der Waals surface area contributed by atoms with E-state index >= 15 is 0 Å². The highest BCUT2D eigenvalue weighted by Gasteiger charge is 2.36. The van der Waals surface area contributed by atoms with Crippen LogP contribution in [0.5, 0.6) is 0 Å². The van der Waals surface area contributed by atoms with Crippen LogP contribution in [0.4, 0.5) is 14.9 Å². The lowest BCUT2D eigenvalue weighted by molar-refractivity contribution is -0.134. The minimum Gasteiger partial charge on any atom is -0.423 e. The molecule has 3 heterocycles. The zero-order chi connectivity index (χ0) is 24.4. The molecule has 1 aliphatic heterocycles. The highest BCUT2D eigenvalue weighted by atomic mass is 35.5. The minimum absolute atomic E-state index is 0. The molecule has 4 rings (SSSR count). The van der Waals surface area contributed by atoms with Crippen LogP contribution in [0.1, 0.15) is 6.92 Å². The third-order valence-corrected chi connectivity index (χ3v) is 5.49. The summed E-state index contributed by atoms with van der Waals surface area (Å²) < 4.78 is 20.2. The highest BCUT2D eigenvalue weighted by molar-refractivity contribution is 5.90. The number of ether oxygens (including phenoxy) is 1. The molecule has 0 radical (unpaired) electrons. The van der Waals surface area contributed by atoms with Crippen molar-refractivity contribution in [2.45, 2.75) is 19.7 Å². The molecule has 35 heavy (non-hydrogen) atoms. The van der Waals surface area contributed by atoms with E-state index in [1.165, 1.54) is 33.8 Å². The standard InChI is InChI=1S/C22H25FN8O3.ClH/c1-14(32)29(4)20-13-30(22(33)34-20)16-6-7-17(18(23)11-16)15-5-8-19(24-12-15)21-25-27-31(26-21)10-9-28(2)3;/h5-8,11-12,20H,9-10,13H2,1-4H3;1H/t20-;/m1./s1. The van der Waals surface area contributed by atoms with E-state index in [4.69, 9.17) is 4.74 Å². The number of hydrogen-bond donors (Lipinski definition) is 0. The molecule has 186 valence electrons. The maximum absolute atomic E-state index is 15.0. The number of anilines is 1. The number of tetrazole rings is 1. The predicted molar refractivity (Wildman–Crippen MR) is 128 cm³/mol. The van der Waals surface area contributed by atoms with Gasteiger partial charge in [0.15, 0.2) is 6.23 Å². The third-order valence-electron chi connectivity index (χ3n) is 5.49. The van der Waals surface area contributed by atoms with Crippen molar-refractivity contribution in [2.75, 3.05) is 39.1 Å². The van der Waals surface area contributed by atoms with Gasteiger partial charge in [-0.2, -0.15) is 4.80 Å². The second-order valence-corrected chi connectivity index (χ2v) is 8.19. The molecule has 0 bridgehead atoms. The van der Waals surface area contributed by atoms with Crippen LogP contribution in [0.2, 0.25) is 0 Å². The first-order valence-electron chi connectivity index (χ1n) is 10.6. The van der Waals surface area contributed by atoms with E-state index in [-0.39, 0.29) is 24.9 Å². The van der Waals surface area contributed by atoms with Crippen LogP contribution in [0.3, 0.4) is 0 Å². The summed E-state index contributed by atoms with van der Waals surface area (Å²) in [6.45, 7) is 2.88. The van der Waals surface area contributed by atoms with E-state index < -0.39 is 18.1 Å². The van der Waals surface area contributed by atoms with Crippen molar-refractivity contribution in [1.29, 1.82) is 0 Å². The van der Waals surface area contributed by atoms with Crippen molar-refractivity contribution in [1.82, 2.24) is 35.0 Å². The first kappa shape index (κ1) is 26.0. The fourth-order valence-corrected chi connectivity index (χ4v) is 3.38. The van der Waals surface area contributed by atoms with Crippen molar-refractivity contribution < 1.29 is 18.7 Å². The minimum atomic E-state index is -0.723. The topological polar surface area (TPSA) is 110 Å². The SMILES string of the molecule is CC(=O)N(C)[C@H]1CN(c2ccc(-c3ccc(-c4nnn(CCN(C)C)n4)nc3)c(F)c2)C(=O)O1.Cl. The number of halogens is 2.